The van der Waals surface area contributed by atoms with E-state index in [1.54, 1.807) is 0 Å². The van der Waals surface area contributed by atoms with Crippen molar-refractivity contribution in [3.8, 4) is 0 Å². The predicted molar refractivity (Wildman–Crippen MR) is 127 cm³/mol. The summed E-state index contributed by atoms with van der Waals surface area (Å²) in [7, 11) is -0.309. The minimum Gasteiger partial charge on any atom is -0.444 e. The maximum atomic E-state index is 12.3. The van der Waals surface area contributed by atoms with E-state index in [-0.39, 0.29) is 24.4 Å². The SMILES string of the molecule is CC(C)(C)OC(=O)N1CCC2(CC1)CN(Cc1ccc(B3OC(C)(C)C(C)(C)O3)cc1)C2. The molecule has 1 spiro atoms. The van der Waals surface area contributed by atoms with Crippen molar-refractivity contribution in [3.63, 3.8) is 0 Å². The Morgan fingerprint density at radius 2 is 1.53 bits per heavy atom. The third-order valence-corrected chi connectivity index (χ3v) is 7.51. The number of hydrogen-bond acceptors (Lipinski definition) is 5. The lowest BCUT2D eigenvalue weighted by molar-refractivity contribution is -0.0550. The molecule has 3 heterocycles. The van der Waals surface area contributed by atoms with E-state index in [0.29, 0.717) is 5.41 Å². The molecule has 0 saturated carbocycles. The van der Waals surface area contributed by atoms with E-state index in [2.05, 4.69) is 56.9 Å². The molecule has 0 unspecified atom stereocenters. The van der Waals surface area contributed by atoms with E-state index < -0.39 is 5.60 Å². The summed E-state index contributed by atoms with van der Waals surface area (Å²) >= 11 is 0. The quantitative estimate of drug-likeness (QED) is 0.667. The first-order valence-electron chi connectivity index (χ1n) is 11.9. The number of hydrogen-bond donors (Lipinski definition) is 0. The van der Waals surface area contributed by atoms with Gasteiger partial charge >= 0.3 is 13.2 Å². The van der Waals surface area contributed by atoms with Gasteiger partial charge in [-0.1, -0.05) is 24.3 Å². The smallest absolute Gasteiger partial charge is 0.444 e. The Morgan fingerprint density at radius 3 is 2.03 bits per heavy atom. The molecule has 3 saturated heterocycles. The first-order valence-corrected chi connectivity index (χ1v) is 11.9. The normalized spacial score (nSPS) is 24.5. The van der Waals surface area contributed by atoms with Crippen LogP contribution in [0.4, 0.5) is 4.79 Å². The zero-order valence-corrected chi connectivity index (χ0v) is 20.9. The molecular formula is C25H39BN2O4. The van der Waals surface area contributed by atoms with E-state index in [1.807, 2.05) is 25.7 Å². The van der Waals surface area contributed by atoms with Crippen molar-refractivity contribution < 1.29 is 18.8 Å². The number of nitrogens with zero attached hydrogens (tertiary/aromatic N) is 2. The van der Waals surface area contributed by atoms with Crippen LogP contribution in [0.15, 0.2) is 24.3 Å². The second kappa shape index (κ2) is 8.03. The molecule has 0 aliphatic carbocycles. The van der Waals surface area contributed by atoms with Crippen LogP contribution in [0.25, 0.3) is 0 Å². The molecule has 0 aromatic heterocycles. The molecule has 7 heteroatoms. The summed E-state index contributed by atoms with van der Waals surface area (Å²) in [6, 6.07) is 8.64. The fourth-order valence-corrected chi connectivity index (χ4v) is 4.84. The van der Waals surface area contributed by atoms with Crippen LogP contribution >= 0.6 is 0 Å². The van der Waals surface area contributed by atoms with E-state index in [4.69, 9.17) is 14.0 Å². The van der Waals surface area contributed by atoms with Gasteiger partial charge in [-0.05, 0) is 77.7 Å². The lowest BCUT2D eigenvalue weighted by Gasteiger charge is -2.54. The van der Waals surface area contributed by atoms with Gasteiger partial charge in [-0.2, -0.15) is 0 Å². The summed E-state index contributed by atoms with van der Waals surface area (Å²) in [4.78, 5) is 16.7. The minimum absolute atomic E-state index is 0.175. The molecule has 0 bridgehead atoms. The molecule has 1 amide bonds. The Balaban J connectivity index is 1.24. The van der Waals surface area contributed by atoms with Gasteiger partial charge in [0, 0.05) is 32.7 Å². The van der Waals surface area contributed by atoms with Crippen LogP contribution in [0.2, 0.25) is 0 Å². The number of carbonyl (C=O) groups excluding carboxylic acids is 1. The largest absolute Gasteiger partial charge is 0.494 e. The lowest BCUT2D eigenvalue weighted by Crippen LogP contribution is -2.60. The highest BCUT2D eigenvalue weighted by molar-refractivity contribution is 6.62. The van der Waals surface area contributed by atoms with Crippen LogP contribution in [0.1, 0.15) is 66.9 Å². The van der Waals surface area contributed by atoms with Crippen molar-refractivity contribution in [2.45, 2.75) is 84.7 Å². The fourth-order valence-electron chi connectivity index (χ4n) is 4.84. The first kappa shape index (κ1) is 23.6. The summed E-state index contributed by atoms with van der Waals surface area (Å²) in [6.45, 7) is 18.9. The average molecular weight is 442 g/mol. The van der Waals surface area contributed by atoms with Gasteiger partial charge in [0.05, 0.1) is 11.2 Å². The van der Waals surface area contributed by atoms with E-state index >= 15 is 0 Å². The number of benzene rings is 1. The number of amides is 1. The van der Waals surface area contributed by atoms with Crippen LogP contribution in [-0.2, 0) is 20.6 Å². The molecule has 0 N–H and O–H groups in total. The van der Waals surface area contributed by atoms with Crippen molar-refractivity contribution in [1.29, 1.82) is 0 Å². The van der Waals surface area contributed by atoms with Gasteiger partial charge in [-0.15, -0.1) is 0 Å². The van der Waals surface area contributed by atoms with Crippen molar-refractivity contribution in [1.82, 2.24) is 9.80 Å². The Kier molecular flexibility index (Phi) is 5.92. The Morgan fingerprint density at radius 1 is 1.00 bits per heavy atom. The molecule has 0 radical (unpaired) electrons. The molecule has 1 aromatic carbocycles. The van der Waals surface area contributed by atoms with E-state index in [9.17, 15) is 4.79 Å². The topological polar surface area (TPSA) is 51.2 Å². The van der Waals surface area contributed by atoms with Crippen LogP contribution in [-0.4, -0.2) is 66.0 Å². The zero-order valence-electron chi connectivity index (χ0n) is 20.9. The molecule has 3 aliphatic rings. The summed E-state index contributed by atoms with van der Waals surface area (Å²) in [5.41, 5.74) is 1.68. The molecule has 4 rings (SSSR count). The number of likely N-dealkylation sites (tertiary alicyclic amines) is 2. The molecule has 176 valence electrons. The van der Waals surface area contributed by atoms with Crippen LogP contribution in [0, 0.1) is 5.41 Å². The highest BCUT2D eigenvalue weighted by Crippen LogP contribution is 2.41. The van der Waals surface area contributed by atoms with Gasteiger partial charge in [0.25, 0.3) is 0 Å². The molecular weight excluding hydrogens is 403 g/mol. The van der Waals surface area contributed by atoms with Crippen molar-refractivity contribution in [2.75, 3.05) is 26.2 Å². The van der Waals surface area contributed by atoms with Crippen LogP contribution in [0.5, 0.6) is 0 Å². The molecule has 6 nitrogen and oxygen atoms in total. The van der Waals surface area contributed by atoms with Crippen LogP contribution < -0.4 is 5.46 Å². The maximum Gasteiger partial charge on any atom is 0.494 e. The Hall–Kier alpha value is -1.57. The third kappa shape index (κ3) is 4.85. The second-order valence-corrected chi connectivity index (χ2v) is 11.9. The zero-order chi connectivity index (χ0) is 23.4. The molecule has 1 aromatic rings. The monoisotopic (exact) mass is 442 g/mol. The standard InChI is InChI=1S/C25H39BN2O4/c1-22(2,3)30-21(29)28-14-12-25(13-15-28)17-27(18-25)16-19-8-10-20(11-9-19)26-31-23(4,5)24(6,7)32-26/h8-11H,12-18H2,1-7H3. The van der Waals surface area contributed by atoms with Gasteiger partial charge in [0.1, 0.15) is 5.60 Å². The number of piperidine rings is 1. The molecule has 3 fully saturated rings. The van der Waals surface area contributed by atoms with E-state index in [0.717, 1.165) is 51.0 Å². The first-order chi connectivity index (χ1) is 14.8. The highest BCUT2D eigenvalue weighted by Gasteiger charge is 2.51. The van der Waals surface area contributed by atoms with Crippen molar-refractivity contribution in [2.24, 2.45) is 5.41 Å². The van der Waals surface area contributed by atoms with Gasteiger partial charge < -0.3 is 18.9 Å². The number of carbonyl (C=O) groups is 1. The molecule has 3 aliphatic heterocycles. The van der Waals surface area contributed by atoms with Crippen LogP contribution in [0.3, 0.4) is 0 Å². The number of ether oxygens (including phenoxy) is 1. The lowest BCUT2D eigenvalue weighted by atomic mass is 9.72. The predicted octanol–water partition coefficient (Wildman–Crippen LogP) is 3.82. The van der Waals surface area contributed by atoms with Gasteiger partial charge in [-0.3, -0.25) is 4.90 Å². The fraction of sp³-hybridized carbons (Fsp3) is 0.720. The van der Waals surface area contributed by atoms with Crippen molar-refractivity contribution in [3.05, 3.63) is 29.8 Å². The third-order valence-electron chi connectivity index (χ3n) is 7.51. The minimum atomic E-state index is -0.433. The summed E-state index contributed by atoms with van der Waals surface area (Å²) < 4.78 is 17.8. The highest BCUT2D eigenvalue weighted by atomic mass is 16.7. The molecule has 32 heavy (non-hydrogen) atoms. The van der Waals surface area contributed by atoms with Gasteiger partial charge in [-0.25, -0.2) is 4.79 Å². The van der Waals surface area contributed by atoms with Crippen molar-refractivity contribution >= 4 is 18.7 Å². The Labute approximate surface area is 193 Å². The maximum absolute atomic E-state index is 12.3. The summed E-state index contributed by atoms with van der Waals surface area (Å²) in [5.74, 6) is 0. The Bertz CT molecular complexity index is 814. The average Bonchev–Trinajstić information content (AvgIpc) is 2.87. The second-order valence-electron chi connectivity index (χ2n) is 11.9. The van der Waals surface area contributed by atoms with Gasteiger partial charge in [0.15, 0.2) is 0 Å². The number of rotatable bonds is 3. The summed E-state index contributed by atoms with van der Waals surface area (Å²) in [5, 5.41) is 0. The van der Waals surface area contributed by atoms with E-state index in [1.165, 1.54) is 5.56 Å². The summed E-state index contributed by atoms with van der Waals surface area (Å²) in [6.07, 6.45) is 1.94. The molecule has 0 atom stereocenters. The van der Waals surface area contributed by atoms with Gasteiger partial charge in [0.2, 0.25) is 0 Å².